The molecule has 0 heterocycles. The molecule has 2 atom stereocenters. The van der Waals surface area contributed by atoms with Crippen molar-refractivity contribution in [3.05, 3.63) is 0 Å². The summed E-state index contributed by atoms with van der Waals surface area (Å²) in [5.74, 6) is 0. The van der Waals surface area contributed by atoms with Crippen molar-refractivity contribution >= 4 is 0 Å². The SMILES string of the molecule is CCCCCOCC(C)OCC(C)OCCCCC. The molecule has 0 rings (SSSR count). The maximum atomic E-state index is 5.72. The Hall–Kier alpha value is -0.120. The summed E-state index contributed by atoms with van der Waals surface area (Å²) in [5, 5.41) is 0. The van der Waals surface area contributed by atoms with Crippen LogP contribution in [0.5, 0.6) is 0 Å². The molecule has 19 heavy (non-hydrogen) atoms. The molecule has 0 spiro atoms. The van der Waals surface area contributed by atoms with Crippen molar-refractivity contribution in [1.82, 2.24) is 0 Å². The first-order valence-electron chi connectivity index (χ1n) is 8.01. The Labute approximate surface area is 120 Å². The second-order valence-electron chi connectivity index (χ2n) is 5.31. The number of ether oxygens (including phenoxy) is 3. The lowest BCUT2D eigenvalue weighted by Gasteiger charge is -2.17. The molecule has 3 nitrogen and oxygen atoms in total. The van der Waals surface area contributed by atoms with Crippen molar-refractivity contribution in [2.24, 2.45) is 0 Å². The zero-order valence-electron chi connectivity index (χ0n) is 13.5. The van der Waals surface area contributed by atoms with Crippen LogP contribution < -0.4 is 0 Å². The van der Waals surface area contributed by atoms with E-state index in [1.54, 1.807) is 0 Å². The highest BCUT2D eigenvalue weighted by Gasteiger charge is 2.07. The first-order chi connectivity index (χ1) is 9.20. The van der Waals surface area contributed by atoms with Gasteiger partial charge in [-0.15, -0.1) is 0 Å². The van der Waals surface area contributed by atoms with E-state index < -0.39 is 0 Å². The van der Waals surface area contributed by atoms with Gasteiger partial charge in [0.15, 0.2) is 0 Å². The minimum absolute atomic E-state index is 0.156. The largest absolute Gasteiger partial charge is 0.379 e. The predicted molar refractivity (Wildman–Crippen MR) is 80.7 cm³/mol. The van der Waals surface area contributed by atoms with E-state index in [1.807, 2.05) is 0 Å². The molecule has 2 unspecified atom stereocenters. The maximum Gasteiger partial charge on any atom is 0.0781 e. The Kier molecular flexibility index (Phi) is 14.2. The van der Waals surface area contributed by atoms with Gasteiger partial charge in [-0.3, -0.25) is 0 Å². The molecule has 0 aliphatic heterocycles. The van der Waals surface area contributed by atoms with E-state index >= 15 is 0 Å². The van der Waals surface area contributed by atoms with Crippen LogP contribution in [-0.4, -0.2) is 38.6 Å². The Morgan fingerprint density at radius 3 is 1.89 bits per heavy atom. The number of rotatable bonds is 14. The van der Waals surface area contributed by atoms with Gasteiger partial charge >= 0.3 is 0 Å². The van der Waals surface area contributed by atoms with Crippen molar-refractivity contribution in [1.29, 1.82) is 0 Å². The lowest BCUT2D eigenvalue weighted by molar-refractivity contribution is -0.0576. The third kappa shape index (κ3) is 14.1. The van der Waals surface area contributed by atoms with E-state index in [4.69, 9.17) is 14.2 Å². The fraction of sp³-hybridized carbons (Fsp3) is 1.00. The zero-order chi connectivity index (χ0) is 14.3. The van der Waals surface area contributed by atoms with Crippen LogP contribution in [0.2, 0.25) is 0 Å². The van der Waals surface area contributed by atoms with Gasteiger partial charge in [-0.25, -0.2) is 0 Å². The quantitative estimate of drug-likeness (QED) is 0.444. The predicted octanol–water partition coefficient (Wildman–Crippen LogP) is 4.19. The first-order valence-corrected chi connectivity index (χ1v) is 8.01. The summed E-state index contributed by atoms with van der Waals surface area (Å²) in [6.07, 6.45) is 7.61. The van der Waals surface area contributed by atoms with E-state index in [-0.39, 0.29) is 12.2 Å². The molecule has 0 N–H and O–H groups in total. The van der Waals surface area contributed by atoms with Gasteiger partial charge in [-0.2, -0.15) is 0 Å². The van der Waals surface area contributed by atoms with Gasteiger partial charge in [-0.1, -0.05) is 39.5 Å². The highest BCUT2D eigenvalue weighted by molar-refractivity contribution is 4.53. The third-order valence-electron chi connectivity index (χ3n) is 3.01. The average molecular weight is 274 g/mol. The van der Waals surface area contributed by atoms with E-state index in [0.717, 1.165) is 26.1 Å². The lowest BCUT2D eigenvalue weighted by atomic mass is 10.3. The molecule has 0 aliphatic rings. The summed E-state index contributed by atoms with van der Waals surface area (Å²) in [6.45, 7) is 11.6. The van der Waals surface area contributed by atoms with Gasteiger partial charge in [0.25, 0.3) is 0 Å². The van der Waals surface area contributed by atoms with Crippen LogP contribution in [0.3, 0.4) is 0 Å². The molecule has 0 aromatic rings. The van der Waals surface area contributed by atoms with E-state index in [0.29, 0.717) is 13.2 Å². The highest BCUT2D eigenvalue weighted by Crippen LogP contribution is 2.01. The molecular formula is C16H34O3. The average Bonchev–Trinajstić information content (AvgIpc) is 2.41. The zero-order valence-corrected chi connectivity index (χ0v) is 13.5. The Bertz CT molecular complexity index is 173. The minimum atomic E-state index is 0.156. The molecule has 0 saturated carbocycles. The van der Waals surface area contributed by atoms with Gasteiger partial charge in [-0.05, 0) is 26.7 Å². The summed E-state index contributed by atoms with van der Waals surface area (Å²) in [6, 6.07) is 0. The molecule has 0 bridgehead atoms. The van der Waals surface area contributed by atoms with E-state index in [2.05, 4.69) is 27.7 Å². The topological polar surface area (TPSA) is 27.7 Å². The monoisotopic (exact) mass is 274 g/mol. The Morgan fingerprint density at radius 1 is 0.684 bits per heavy atom. The van der Waals surface area contributed by atoms with Gasteiger partial charge in [0.1, 0.15) is 0 Å². The Balaban J connectivity index is 3.32. The van der Waals surface area contributed by atoms with Gasteiger partial charge in [0, 0.05) is 13.2 Å². The summed E-state index contributed by atoms with van der Waals surface area (Å²) < 4.78 is 17.0. The lowest BCUT2D eigenvalue weighted by Crippen LogP contribution is -2.24. The van der Waals surface area contributed by atoms with Crippen molar-refractivity contribution in [3.8, 4) is 0 Å². The fourth-order valence-electron chi connectivity index (χ4n) is 1.74. The Morgan fingerprint density at radius 2 is 1.26 bits per heavy atom. The standard InChI is InChI=1S/C16H34O3/c1-5-7-9-11-17-13-15(3)19-14-16(4)18-12-10-8-6-2/h15-16H,5-14H2,1-4H3. The van der Waals surface area contributed by atoms with Crippen molar-refractivity contribution in [2.75, 3.05) is 26.4 Å². The number of unbranched alkanes of at least 4 members (excludes halogenated alkanes) is 4. The molecule has 0 aromatic carbocycles. The second kappa shape index (κ2) is 14.3. The van der Waals surface area contributed by atoms with Crippen LogP contribution in [0, 0.1) is 0 Å². The van der Waals surface area contributed by atoms with Gasteiger partial charge in [0.05, 0.1) is 25.4 Å². The van der Waals surface area contributed by atoms with Crippen LogP contribution in [-0.2, 0) is 14.2 Å². The molecule has 0 radical (unpaired) electrons. The molecule has 3 heteroatoms. The summed E-state index contributed by atoms with van der Waals surface area (Å²) >= 11 is 0. The highest BCUT2D eigenvalue weighted by atomic mass is 16.6. The molecule has 0 aliphatic carbocycles. The fourth-order valence-corrected chi connectivity index (χ4v) is 1.74. The van der Waals surface area contributed by atoms with Crippen molar-refractivity contribution in [2.45, 2.75) is 78.4 Å². The van der Waals surface area contributed by atoms with Gasteiger partial charge in [0.2, 0.25) is 0 Å². The van der Waals surface area contributed by atoms with Gasteiger partial charge < -0.3 is 14.2 Å². The smallest absolute Gasteiger partial charge is 0.0781 e. The second-order valence-corrected chi connectivity index (χ2v) is 5.31. The molecular weight excluding hydrogens is 240 g/mol. The molecule has 116 valence electrons. The van der Waals surface area contributed by atoms with Crippen molar-refractivity contribution in [3.63, 3.8) is 0 Å². The molecule has 0 aromatic heterocycles. The summed E-state index contributed by atoms with van der Waals surface area (Å²) in [7, 11) is 0. The van der Waals surface area contributed by atoms with Crippen molar-refractivity contribution < 1.29 is 14.2 Å². The normalized spacial score (nSPS) is 14.5. The number of hydrogen-bond acceptors (Lipinski definition) is 3. The first kappa shape index (κ1) is 18.9. The summed E-state index contributed by atoms with van der Waals surface area (Å²) in [4.78, 5) is 0. The molecule has 0 amide bonds. The molecule has 0 saturated heterocycles. The minimum Gasteiger partial charge on any atom is -0.379 e. The maximum absolute atomic E-state index is 5.72. The van der Waals surface area contributed by atoms with E-state index in [9.17, 15) is 0 Å². The van der Waals surface area contributed by atoms with Crippen LogP contribution in [0.1, 0.15) is 66.2 Å². The van der Waals surface area contributed by atoms with Crippen LogP contribution in [0.4, 0.5) is 0 Å². The third-order valence-corrected chi connectivity index (χ3v) is 3.01. The molecule has 0 fully saturated rings. The van der Waals surface area contributed by atoms with Crippen LogP contribution in [0.25, 0.3) is 0 Å². The summed E-state index contributed by atoms with van der Waals surface area (Å²) in [5.41, 5.74) is 0. The van der Waals surface area contributed by atoms with Crippen LogP contribution in [0.15, 0.2) is 0 Å². The van der Waals surface area contributed by atoms with Crippen LogP contribution >= 0.6 is 0 Å². The van der Waals surface area contributed by atoms with E-state index in [1.165, 1.54) is 25.7 Å². The number of hydrogen-bond donors (Lipinski definition) is 0.